The van der Waals surface area contributed by atoms with Gasteiger partial charge >= 0.3 is 5.97 Å². The Morgan fingerprint density at radius 2 is 1.67 bits per heavy atom. The molecule has 0 N–H and O–H groups in total. The Kier molecular flexibility index (Phi) is 3.82. The summed E-state index contributed by atoms with van der Waals surface area (Å²) in [5, 5.41) is 0. The van der Waals surface area contributed by atoms with Crippen molar-refractivity contribution in [3.05, 3.63) is 63.6 Å². The molecule has 2 nitrogen and oxygen atoms in total. The molecule has 2 aromatic carbocycles. The van der Waals surface area contributed by atoms with Crippen molar-refractivity contribution >= 4 is 21.9 Å². The summed E-state index contributed by atoms with van der Waals surface area (Å²) in [6, 6.07) is 12.8. The van der Waals surface area contributed by atoms with Crippen LogP contribution in [0.15, 0.2) is 46.9 Å². The van der Waals surface area contributed by atoms with E-state index in [2.05, 4.69) is 15.9 Å². The number of carbonyl (C=O) groups excluding carboxylic acids is 1. The third kappa shape index (κ3) is 2.79. The fourth-order valence-electron chi connectivity index (χ4n) is 1.57. The molecule has 0 amide bonds. The summed E-state index contributed by atoms with van der Waals surface area (Å²) in [4.78, 5) is 11.9. The van der Waals surface area contributed by atoms with Crippen LogP contribution in [0.5, 0.6) is 5.75 Å². The van der Waals surface area contributed by atoms with E-state index in [1.54, 1.807) is 12.1 Å². The van der Waals surface area contributed by atoms with Gasteiger partial charge in [0.15, 0.2) is 0 Å². The van der Waals surface area contributed by atoms with Crippen molar-refractivity contribution in [3.8, 4) is 5.75 Å². The lowest BCUT2D eigenvalue weighted by Crippen LogP contribution is -2.08. The summed E-state index contributed by atoms with van der Waals surface area (Å²) >= 11 is 3.41. The molecular weight excluding hydrogens is 292 g/mol. The van der Waals surface area contributed by atoms with E-state index in [1.807, 2.05) is 44.2 Å². The molecule has 2 rings (SSSR count). The van der Waals surface area contributed by atoms with Crippen LogP contribution in [-0.2, 0) is 0 Å². The molecular formula is C15H13BrO2. The van der Waals surface area contributed by atoms with Crippen molar-refractivity contribution in [1.82, 2.24) is 0 Å². The van der Waals surface area contributed by atoms with Gasteiger partial charge in [0.25, 0.3) is 0 Å². The van der Waals surface area contributed by atoms with E-state index in [4.69, 9.17) is 4.74 Å². The summed E-state index contributed by atoms with van der Waals surface area (Å²) in [6.07, 6.45) is 0. The molecule has 2 aromatic rings. The molecule has 0 atom stereocenters. The van der Waals surface area contributed by atoms with E-state index < -0.39 is 0 Å². The number of hydrogen-bond acceptors (Lipinski definition) is 2. The van der Waals surface area contributed by atoms with Crippen LogP contribution in [0.2, 0.25) is 0 Å². The number of rotatable bonds is 2. The van der Waals surface area contributed by atoms with E-state index in [-0.39, 0.29) is 5.97 Å². The van der Waals surface area contributed by atoms with Crippen molar-refractivity contribution in [3.63, 3.8) is 0 Å². The molecule has 92 valence electrons. The largest absolute Gasteiger partial charge is 0.422 e. The molecule has 0 radical (unpaired) electrons. The molecule has 0 aliphatic carbocycles. The molecule has 0 unspecified atom stereocenters. The first-order chi connectivity index (χ1) is 8.58. The zero-order chi connectivity index (χ0) is 13.1. The van der Waals surface area contributed by atoms with Gasteiger partial charge in [0, 0.05) is 0 Å². The molecule has 3 heteroatoms. The summed E-state index contributed by atoms with van der Waals surface area (Å²) in [5.41, 5.74) is 2.79. The second-order valence-electron chi connectivity index (χ2n) is 4.12. The standard InChI is InChI=1S/C15H13BrO2/c1-10-8-13(16)14(9-11(10)2)18-15(17)12-6-4-3-5-7-12/h3-9H,1-2H3. The van der Waals surface area contributed by atoms with Gasteiger partial charge in [0.1, 0.15) is 5.75 Å². The Labute approximate surface area is 115 Å². The fourth-order valence-corrected chi connectivity index (χ4v) is 2.10. The van der Waals surface area contributed by atoms with Gasteiger partial charge in [-0.3, -0.25) is 0 Å². The van der Waals surface area contributed by atoms with Gasteiger partial charge in [-0.2, -0.15) is 0 Å². The summed E-state index contributed by atoms with van der Waals surface area (Å²) in [7, 11) is 0. The molecule has 18 heavy (non-hydrogen) atoms. The van der Waals surface area contributed by atoms with Crippen LogP contribution < -0.4 is 4.74 Å². The molecule has 0 spiro atoms. The first-order valence-electron chi connectivity index (χ1n) is 5.62. The summed E-state index contributed by atoms with van der Waals surface area (Å²) in [6.45, 7) is 4.00. The third-order valence-corrected chi connectivity index (χ3v) is 3.38. The highest BCUT2D eigenvalue weighted by atomic mass is 79.9. The van der Waals surface area contributed by atoms with Crippen molar-refractivity contribution in [1.29, 1.82) is 0 Å². The van der Waals surface area contributed by atoms with Gasteiger partial charge in [-0.25, -0.2) is 4.79 Å². The maximum atomic E-state index is 11.9. The molecule has 0 aliphatic heterocycles. The van der Waals surface area contributed by atoms with E-state index in [9.17, 15) is 4.79 Å². The van der Waals surface area contributed by atoms with E-state index in [0.29, 0.717) is 11.3 Å². The lowest BCUT2D eigenvalue weighted by molar-refractivity contribution is 0.0733. The molecule has 0 aromatic heterocycles. The highest BCUT2D eigenvalue weighted by Gasteiger charge is 2.11. The zero-order valence-electron chi connectivity index (χ0n) is 10.2. The topological polar surface area (TPSA) is 26.3 Å². The van der Waals surface area contributed by atoms with Crippen molar-refractivity contribution in [2.75, 3.05) is 0 Å². The average molecular weight is 305 g/mol. The Bertz CT molecular complexity index is 577. The fraction of sp³-hybridized carbons (Fsp3) is 0.133. The molecule has 0 fully saturated rings. The predicted octanol–water partition coefficient (Wildman–Crippen LogP) is 4.29. The van der Waals surface area contributed by atoms with Crippen LogP contribution >= 0.6 is 15.9 Å². The van der Waals surface area contributed by atoms with Gasteiger partial charge in [0.05, 0.1) is 10.0 Å². The zero-order valence-corrected chi connectivity index (χ0v) is 11.8. The minimum absolute atomic E-state index is 0.348. The minimum Gasteiger partial charge on any atom is -0.422 e. The molecule has 0 saturated heterocycles. The second kappa shape index (κ2) is 5.36. The number of ether oxygens (including phenoxy) is 1. The smallest absolute Gasteiger partial charge is 0.343 e. The molecule has 0 saturated carbocycles. The maximum Gasteiger partial charge on any atom is 0.343 e. The highest BCUT2D eigenvalue weighted by molar-refractivity contribution is 9.10. The molecule has 0 heterocycles. The first-order valence-corrected chi connectivity index (χ1v) is 6.41. The summed E-state index contributed by atoms with van der Waals surface area (Å²) in [5.74, 6) is 0.200. The number of aryl methyl sites for hydroxylation is 2. The quantitative estimate of drug-likeness (QED) is 0.611. The lowest BCUT2D eigenvalue weighted by atomic mass is 10.1. The Morgan fingerprint density at radius 3 is 2.33 bits per heavy atom. The number of halogens is 1. The van der Waals surface area contributed by atoms with Crippen LogP contribution in [0, 0.1) is 13.8 Å². The van der Waals surface area contributed by atoms with Gasteiger partial charge < -0.3 is 4.74 Å². The monoisotopic (exact) mass is 304 g/mol. The third-order valence-electron chi connectivity index (χ3n) is 2.76. The average Bonchev–Trinajstić information content (AvgIpc) is 2.37. The predicted molar refractivity (Wildman–Crippen MR) is 75.0 cm³/mol. The van der Waals surface area contributed by atoms with E-state index >= 15 is 0 Å². The second-order valence-corrected chi connectivity index (χ2v) is 4.98. The van der Waals surface area contributed by atoms with Gasteiger partial charge in [-0.05, 0) is 65.2 Å². The SMILES string of the molecule is Cc1cc(Br)c(OC(=O)c2ccccc2)cc1C. The Hall–Kier alpha value is -1.61. The van der Waals surface area contributed by atoms with Crippen LogP contribution in [0.3, 0.4) is 0 Å². The van der Waals surface area contributed by atoms with Crippen molar-refractivity contribution in [2.45, 2.75) is 13.8 Å². The number of hydrogen-bond donors (Lipinski definition) is 0. The van der Waals surface area contributed by atoms with Crippen molar-refractivity contribution < 1.29 is 9.53 Å². The minimum atomic E-state index is -0.348. The van der Waals surface area contributed by atoms with Crippen molar-refractivity contribution in [2.24, 2.45) is 0 Å². The van der Waals surface area contributed by atoms with Gasteiger partial charge in [0.2, 0.25) is 0 Å². The lowest BCUT2D eigenvalue weighted by Gasteiger charge is -2.09. The van der Waals surface area contributed by atoms with Crippen LogP contribution in [0.4, 0.5) is 0 Å². The molecule has 0 bridgehead atoms. The van der Waals surface area contributed by atoms with Crippen LogP contribution in [0.25, 0.3) is 0 Å². The highest BCUT2D eigenvalue weighted by Crippen LogP contribution is 2.28. The van der Waals surface area contributed by atoms with Crippen LogP contribution in [0.1, 0.15) is 21.5 Å². The Balaban J connectivity index is 2.25. The normalized spacial score (nSPS) is 10.2. The number of esters is 1. The van der Waals surface area contributed by atoms with Gasteiger partial charge in [-0.1, -0.05) is 18.2 Å². The van der Waals surface area contributed by atoms with Crippen LogP contribution in [-0.4, -0.2) is 5.97 Å². The van der Waals surface area contributed by atoms with Gasteiger partial charge in [-0.15, -0.1) is 0 Å². The maximum absolute atomic E-state index is 11.9. The van der Waals surface area contributed by atoms with E-state index in [0.717, 1.165) is 15.6 Å². The first kappa shape index (κ1) is 12.8. The molecule has 0 aliphatic rings. The number of carbonyl (C=O) groups is 1. The Morgan fingerprint density at radius 1 is 1.06 bits per heavy atom. The van der Waals surface area contributed by atoms with E-state index in [1.165, 1.54) is 0 Å². The number of benzene rings is 2. The summed E-state index contributed by atoms with van der Waals surface area (Å²) < 4.78 is 6.17.